The summed E-state index contributed by atoms with van der Waals surface area (Å²) in [5, 5.41) is 0.464. The van der Waals surface area contributed by atoms with Crippen molar-refractivity contribution in [3.05, 3.63) is 34.1 Å². The highest BCUT2D eigenvalue weighted by molar-refractivity contribution is 6.31. The summed E-state index contributed by atoms with van der Waals surface area (Å²) in [6.45, 7) is 1.75. The Morgan fingerprint density at radius 2 is 1.94 bits per heavy atom. The highest BCUT2D eigenvalue weighted by Gasteiger charge is 2.26. The van der Waals surface area contributed by atoms with E-state index in [2.05, 4.69) is 0 Å². The average molecular weight is 256 g/mol. The first-order valence-electron chi connectivity index (χ1n) is 6.31. The lowest BCUT2D eigenvalue weighted by Crippen LogP contribution is -2.25. The van der Waals surface area contributed by atoms with Crippen LogP contribution in [0.25, 0.3) is 0 Å². The zero-order chi connectivity index (χ0) is 12.4. The number of halogens is 2. The maximum atomic E-state index is 14.1. The third-order valence-electron chi connectivity index (χ3n) is 3.81. The van der Waals surface area contributed by atoms with Crippen molar-refractivity contribution < 1.29 is 4.39 Å². The van der Waals surface area contributed by atoms with Gasteiger partial charge in [0.05, 0.1) is 0 Å². The molecule has 0 radical (unpaired) electrons. The van der Waals surface area contributed by atoms with E-state index < -0.39 is 0 Å². The van der Waals surface area contributed by atoms with Gasteiger partial charge in [0.15, 0.2) is 0 Å². The van der Waals surface area contributed by atoms with Crippen LogP contribution in [0.1, 0.15) is 49.3 Å². The van der Waals surface area contributed by atoms with Crippen LogP contribution in [-0.4, -0.2) is 0 Å². The molecule has 0 aliphatic heterocycles. The van der Waals surface area contributed by atoms with E-state index in [9.17, 15) is 4.39 Å². The molecule has 1 aliphatic rings. The van der Waals surface area contributed by atoms with E-state index in [0.29, 0.717) is 22.1 Å². The molecule has 94 valence electrons. The van der Waals surface area contributed by atoms with Gasteiger partial charge in [0, 0.05) is 16.6 Å². The van der Waals surface area contributed by atoms with Crippen LogP contribution >= 0.6 is 11.6 Å². The lowest BCUT2D eigenvalue weighted by Gasteiger charge is -2.28. The fourth-order valence-electron chi connectivity index (χ4n) is 2.71. The maximum Gasteiger partial charge on any atom is 0.132 e. The molecule has 0 saturated heterocycles. The van der Waals surface area contributed by atoms with Crippen LogP contribution in [0.3, 0.4) is 0 Å². The lowest BCUT2D eigenvalue weighted by atomic mass is 9.81. The Morgan fingerprint density at radius 3 is 2.59 bits per heavy atom. The van der Waals surface area contributed by atoms with Gasteiger partial charge in [-0.15, -0.1) is 0 Å². The van der Waals surface area contributed by atoms with Crippen molar-refractivity contribution in [2.75, 3.05) is 0 Å². The van der Waals surface area contributed by atoms with Crippen molar-refractivity contribution in [3.8, 4) is 0 Å². The third-order valence-corrected chi connectivity index (χ3v) is 4.14. The maximum absolute atomic E-state index is 14.1. The van der Waals surface area contributed by atoms with Crippen LogP contribution in [0, 0.1) is 18.7 Å². The fourth-order valence-corrected chi connectivity index (χ4v) is 2.98. The van der Waals surface area contributed by atoms with Gasteiger partial charge in [-0.2, -0.15) is 0 Å². The zero-order valence-corrected chi connectivity index (χ0v) is 10.9. The molecule has 1 aromatic carbocycles. The van der Waals surface area contributed by atoms with E-state index in [0.717, 1.165) is 12.8 Å². The molecule has 1 nitrogen and oxygen atoms in total. The second-order valence-electron chi connectivity index (χ2n) is 5.02. The predicted molar refractivity (Wildman–Crippen MR) is 69.7 cm³/mol. The van der Waals surface area contributed by atoms with Gasteiger partial charge in [-0.25, -0.2) is 4.39 Å². The molecule has 1 atom stereocenters. The third kappa shape index (κ3) is 2.63. The van der Waals surface area contributed by atoms with Gasteiger partial charge in [-0.05, 0) is 37.3 Å². The minimum atomic E-state index is -0.261. The molecular weight excluding hydrogens is 237 g/mol. The van der Waals surface area contributed by atoms with Crippen molar-refractivity contribution in [2.24, 2.45) is 11.7 Å². The summed E-state index contributed by atoms with van der Waals surface area (Å²) in [6, 6.07) is 3.19. The summed E-state index contributed by atoms with van der Waals surface area (Å²) in [5.41, 5.74) is 7.35. The number of rotatable bonds is 2. The summed E-state index contributed by atoms with van der Waals surface area (Å²) in [7, 11) is 0. The van der Waals surface area contributed by atoms with Gasteiger partial charge in [0.25, 0.3) is 0 Å². The number of nitrogens with two attached hydrogens (primary N) is 1. The topological polar surface area (TPSA) is 26.0 Å². The molecule has 1 aromatic rings. The molecule has 2 N–H and O–H groups in total. The second-order valence-corrected chi connectivity index (χ2v) is 5.42. The largest absolute Gasteiger partial charge is 0.324 e. The minimum absolute atomic E-state index is 0.226. The normalized spacial score (nSPS) is 19.3. The molecule has 0 bridgehead atoms. The second kappa shape index (κ2) is 5.36. The highest BCUT2D eigenvalue weighted by Crippen LogP contribution is 2.37. The Hall–Kier alpha value is -0.600. The first kappa shape index (κ1) is 12.8. The van der Waals surface area contributed by atoms with E-state index in [4.69, 9.17) is 17.3 Å². The molecule has 0 aromatic heterocycles. The van der Waals surface area contributed by atoms with Crippen molar-refractivity contribution in [1.82, 2.24) is 0 Å². The highest BCUT2D eigenvalue weighted by atomic mass is 35.5. The monoisotopic (exact) mass is 255 g/mol. The van der Waals surface area contributed by atoms with Crippen LogP contribution in [0.2, 0.25) is 5.02 Å². The van der Waals surface area contributed by atoms with E-state index in [1.165, 1.54) is 19.3 Å². The van der Waals surface area contributed by atoms with E-state index >= 15 is 0 Å². The van der Waals surface area contributed by atoms with Crippen LogP contribution in [0.15, 0.2) is 12.1 Å². The van der Waals surface area contributed by atoms with Crippen molar-refractivity contribution >= 4 is 11.6 Å². The van der Waals surface area contributed by atoms with Gasteiger partial charge < -0.3 is 5.73 Å². The molecule has 2 rings (SSSR count). The lowest BCUT2D eigenvalue weighted by molar-refractivity contribution is 0.303. The molecule has 1 fully saturated rings. The summed E-state index contributed by atoms with van der Waals surface area (Å²) >= 11 is 6.10. The number of benzene rings is 1. The summed E-state index contributed by atoms with van der Waals surface area (Å²) in [5.74, 6) is 0.146. The molecule has 0 amide bonds. The SMILES string of the molecule is Cc1ccc(Cl)c([C@H](N)C2CCCCC2)c1F. The zero-order valence-electron chi connectivity index (χ0n) is 10.2. The molecule has 17 heavy (non-hydrogen) atoms. The first-order valence-corrected chi connectivity index (χ1v) is 6.69. The van der Waals surface area contributed by atoms with Gasteiger partial charge in [-0.1, -0.05) is 36.9 Å². The van der Waals surface area contributed by atoms with Crippen molar-refractivity contribution in [1.29, 1.82) is 0 Å². The molecule has 3 heteroatoms. The number of hydrogen-bond acceptors (Lipinski definition) is 1. The average Bonchev–Trinajstić information content (AvgIpc) is 2.35. The molecular formula is C14H19ClFN. The molecule has 1 aliphatic carbocycles. The summed E-state index contributed by atoms with van der Waals surface area (Å²) in [6.07, 6.45) is 5.84. The Morgan fingerprint density at radius 1 is 1.29 bits per heavy atom. The standard InChI is InChI=1S/C14H19ClFN/c1-9-7-8-11(15)12(13(9)16)14(17)10-5-3-2-4-6-10/h7-8,10,14H,2-6,17H2,1H3/t14-/m1/s1. The smallest absolute Gasteiger partial charge is 0.132 e. The van der Waals surface area contributed by atoms with Gasteiger partial charge in [-0.3, -0.25) is 0 Å². The van der Waals surface area contributed by atoms with Gasteiger partial charge in [0.2, 0.25) is 0 Å². The van der Waals surface area contributed by atoms with Gasteiger partial charge in [0.1, 0.15) is 5.82 Å². The van der Waals surface area contributed by atoms with E-state index in [1.54, 1.807) is 19.1 Å². The minimum Gasteiger partial charge on any atom is -0.324 e. The molecule has 0 heterocycles. The Balaban J connectivity index is 2.29. The van der Waals surface area contributed by atoms with Crippen LogP contribution in [-0.2, 0) is 0 Å². The van der Waals surface area contributed by atoms with Crippen LogP contribution < -0.4 is 5.73 Å². The number of aryl methyl sites for hydroxylation is 1. The predicted octanol–water partition coefficient (Wildman–Crippen LogP) is 4.37. The van der Waals surface area contributed by atoms with Crippen molar-refractivity contribution in [2.45, 2.75) is 45.1 Å². The fraction of sp³-hybridized carbons (Fsp3) is 0.571. The summed E-state index contributed by atoms with van der Waals surface area (Å²) < 4.78 is 14.1. The molecule has 0 spiro atoms. The Bertz CT molecular complexity index is 399. The quantitative estimate of drug-likeness (QED) is 0.835. The Kier molecular flexibility index (Phi) is 4.05. The van der Waals surface area contributed by atoms with Crippen molar-refractivity contribution in [3.63, 3.8) is 0 Å². The molecule has 1 saturated carbocycles. The van der Waals surface area contributed by atoms with E-state index in [1.807, 2.05) is 0 Å². The van der Waals surface area contributed by atoms with Gasteiger partial charge >= 0.3 is 0 Å². The Labute approximate surface area is 107 Å². The molecule has 0 unspecified atom stereocenters. The van der Waals surface area contributed by atoms with E-state index in [-0.39, 0.29) is 11.9 Å². The summed E-state index contributed by atoms with van der Waals surface area (Å²) in [4.78, 5) is 0. The number of hydrogen-bond donors (Lipinski definition) is 1. The van der Waals surface area contributed by atoms with Crippen LogP contribution in [0.5, 0.6) is 0 Å². The van der Waals surface area contributed by atoms with Crippen LogP contribution in [0.4, 0.5) is 4.39 Å². The first-order chi connectivity index (χ1) is 8.11.